The molecule has 0 N–H and O–H groups in total. The molecule has 1 unspecified atom stereocenters. The van der Waals surface area contributed by atoms with Gasteiger partial charge in [0.05, 0.1) is 28.6 Å². The van der Waals surface area contributed by atoms with E-state index in [0.717, 1.165) is 46.9 Å². The van der Waals surface area contributed by atoms with Crippen molar-refractivity contribution in [3.63, 3.8) is 0 Å². The molecule has 1 saturated carbocycles. The van der Waals surface area contributed by atoms with Crippen LogP contribution in [-0.2, 0) is 20.0 Å². The van der Waals surface area contributed by atoms with Gasteiger partial charge in [-0.05, 0) is 62.4 Å². The van der Waals surface area contributed by atoms with E-state index in [1.54, 1.807) is 6.20 Å². The number of fused-ring (bicyclic) bond motifs is 2. The summed E-state index contributed by atoms with van der Waals surface area (Å²) in [6.07, 6.45) is 7.03. The van der Waals surface area contributed by atoms with E-state index in [2.05, 4.69) is 27.8 Å². The van der Waals surface area contributed by atoms with Gasteiger partial charge in [0, 0.05) is 49.0 Å². The second kappa shape index (κ2) is 7.29. The zero-order chi connectivity index (χ0) is 21.8. The number of carbonyl (C=O) groups excluding carboxylic acids is 1. The molecule has 4 aromatic rings. The molecule has 1 aliphatic carbocycles. The maximum absolute atomic E-state index is 13.4. The summed E-state index contributed by atoms with van der Waals surface area (Å²) in [5.41, 5.74) is 6.08. The van der Waals surface area contributed by atoms with Crippen LogP contribution in [0.15, 0.2) is 48.8 Å². The number of hydrogen-bond acceptors (Lipinski definition) is 4. The van der Waals surface area contributed by atoms with E-state index in [4.69, 9.17) is 5.10 Å². The largest absolute Gasteiger partial charge is 0.330 e. The number of pyridine rings is 1. The van der Waals surface area contributed by atoms with Gasteiger partial charge >= 0.3 is 0 Å². The van der Waals surface area contributed by atoms with Crippen molar-refractivity contribution in [2.75, 3.05) is 6.54 Å². The van der Waals surface area contributed by atoms with Gasteiger partial charge in [0.25, 0.3) is 5.91 Å². The second-order valence-corrected chi connectivity index (χ2v) is 9.01. The Hall–Kier alpha value is -3.48. The van der Waals surface area contributed by atoms with Gasteiger partial charge in [-0.15, -0.1) is 0 Å². The van der Waals surface area contributed by atoms with Crippen LogP contribution in [0, 0.1) is 5.92 Å². The molecule has 1 fully saturated rings. The molecule has 0 bridgehead atoms. The lowest BCUT2D eigenvalue weighted by molar-refractivity contribution is 0.0674. The number of benzene rings is 1. The summed E-state index contributed by atoms with van der Waals surface area (Å²) >= 11 is 0. The van der Waals surface area contributed by atoms with Crippen molar-refractivity contribution in [3.05, 3.63) is 65.6 Å². The summed E-state index contributed by atoms with van der Waals surface area (Å²) < 4.78 is 4.09. The Morgan fingerprint density at radius 2 is 2.03 bits per heavy atom. The fraction of sp³-hybridized carbons (Fsp3) is 0.360. The van der Waals surface area contributed by atoms with Crippen LogP contribution in [0.4, 0.5) is 0 Å². The molecule has 1 aromatic carbocycles. The van der Waals surface area contributed by atoms with Crippen molar-refractivity contribution in [2.45, 2.75) is 38.8 Å². The predicted octanol–water partition coefficient (Wildman–Crippen LogP) is 4.00. The van der Waals surface area contributed by atoms with Crippen LogP contribution < -0.4 is 0 Å². The Kier molecular flexibility index (Phi) is 4.38. The highest BCUT2D eigenvalue weighted by Crippen LogP contribution is 2.37. The van der Waals surface area contributed by atoms with Crippen LogP contribution in [0.1, 0.15) is 47.4 Å². The average Bonchev–Trinajstić information content (AvgIpc) is 3.41. The van der Waals surface area contributed by atoms with Gasteiger partial charge in [0.1, 0.15) is 0 Å². The predicted molar refractivity (Wildman–Crippen MR) is 122 cm³/mol. The van der Waals surface area contributed by atoms with E-state index in [1.165, 1.54) is 18.4 Å². The number of amides is 1. The molecule has 0 spiro atoms. The number of aromatic nitrogens is 5. The van der Waals surface area contributed by atoms with E-state index in [1.807, 2.05) is 53.2 Å². The van der Waals surface area contributed by atoms with Crippen molar-refractivity contribution in [2.24, 2.45) is 13.0 Å². The van der Waals surface area contributed by atoms with Crippen LogP contribution in [-0.4, -0.2) is 41.9 Å². The maximum Gasteiger partial charge on any atom is 0.254 e. The highest BCUT2D eigenvalue weighted by Gasteiger charge is 2.34. The molecule has 3 aromatic heterocycles. The Bertz CT molecular complexity index is 1330. The molecule has 0 radical (unpaired) electrons. The van der Waals surface area contributed by atoms with E-state index in [0.29, 0.717) is 12.1 Å². The molecule has 162 valence electrons. The third kappa shape index (κ3) is 3.11. The first-order chi connectivity index (χ1) is 15.6. The van der Waals surface area contributed by atoms with Crippen molar-refractivity contribution < 1.29 is 4.79 Å². The topological polar surface area (TPSA) is 68.8 Å². The van der Waals surface area contributed by atoms with E-state index in [-0.39, 0.29) is 11.9 Å². The SMILES string of the molecule is CC1c2nn(C)c(-c3ccnn3CC3CC3)c2CCN1C(=O)c1ccc2ncccc2c1. The Morgan fingerprint density at radius 3 is 2.88 bits per heavy atom. The van der Waals surface area contributed by atoms with Gasteiger partial charge in [0.2, 0.25) is 0 Å². The Balaban J connectivity index is 1.32. The lowest BCUT2D eigenvalue weighted by Crippen LogP contribution is -2.38. The first kappa shape index (κ1) is 19.2. The molecule has 4 heterocycles. The minimum absolute atomic E-state index is 0.0416. The van der Waals surface area contributed by atoms with Crippen molar-refractivity contribution in [3.8, 4) is 11.4 Å². The van der Waals surface area contributed by atoms with Crippen molar-refractivity contribution >= 4 is 16.8 Å². The van der Waals surface area contributed by atoms with Gasteiger partial charge in [0.15, 0.2) is 0 Å². The van der Waals surface area contributed by atoms with Crippen molar-refractivity contribution in [1.82, 2.24) is 29.4 Å². The lowest BCUT2D eigenvalue weighted by Gasteiger charge is -2.33. The molecule has 7 nitrogen and oxygen atoms in total. The molecule has 7 heteroatoms. The van der Waals surface area contributed by atoms with Crippen LogP contribution in [0.2, 0.25) is 0 Å². The van der Waals surface area contributed by atoms with Crippen LogP contribution in [0.5, 0.6) is 0 Å². The molecule has 1 aliphatic heterocycles. The number of nitrogens with zero attached hydrogens (tertiary/aromatic N) is 6. The fourth-order valence-electron chi connectivity index (χ4n) is 4.94. The third-order valence-electron chi connectivity index (χ3n) is 6.84. The molecular weight excluding hydrogens is 400 g/mol. The third-order valence-corrected chi connectivity index (χ3v) is 6.84. The normalized spacial score (nSPS) is 18.2. The van der Waals surface area contributed by atoms with Gasteiger partial charge in [-0.2, -0.15) is 10.2 Å². The molecular formula is C25H26N6O. The Labute approximate surface area is 186 Å². The number of aryl methyl sites for hydroxylation is 1. The lowest BCUT2D eigenvalue weighted by atomic mass is 9.96. The summed E-state index contributed by atoms with van der Waals surface area (Å²) in [5, 5.41) is 10.4. The highest BCUT2D eigenvalue weighted by atomic mass is 16.2. The van der Waals surface area contributed by atoms with Gasteiger partial charge < -0.3 is 4.90 Å². The monoisotopic (exact) mass is 426 g/mol. The highest BCUT2D eigenvalue weighted by molar-refractivity contribution is 5.98. The van der Waals surface area contributed by atoms with Crippen LogP contribution in [0.25, 0.3) is 22.3 Å². The minimum Gasteiger partial charge on any atom is -0.330 e. The molecule has 1 atom stereocenters. The van der Waals surface area contributed by atoms with Gasteiger partial charge in [-0.25, -0.2) is 0 Å². The standard InChI is InChI=1S/C25H26N6O/c1-16-23-20(24(29(2)28-23)22-9-12-27-31(22)15-17-5-6-17)10-13-30(16)25(32)19-7-8-21-18(14-19)4-3-11-26-21/h3-4,7-9,11-12,14,16-17H,5-6,10,13,15H2,1-2H3. The summed E-state index contributed by atoms with van der Waals surface area (Å²) in [7, 11) is 2.00. The quantitative estimate of drug-likeness (QED) is 0.495. The fourth-order valence-corrected chi connectivity index (χ4v) is 4.94. The molecule has 2 aliphatic rings. The number of rotatable bonds is 4. The molecule has 0 saturated heterocycles. The van der Waals surface area contributed by atoms with Gasteiger partial charge in [-0.3, -0.25) is 19.1 Å². The maximum atomic E-state index is 13.4. The second-order valence-electron chi connectivity index (χ2n) is 9.01. The molecule has 6 rings (SSSR count). The summed E-state index contributed by atoms with van der Waals surface area (Å²) in [6, 6.07) is 11.6. The smallest absolute Gasteiger partial charge is 0.254 e. The zero-order valence-electron chi connectivity index (χ0n) is 18.4. The van der Waals surface area contributed by atoms with E-state index in [9.17, 15) is 4.79 Å². The summed E-state index contributed by atoms with van der Waals surface area (Å²) in [5.74, 6) is 0.793. The Morgan fingerprint density at radius 1 is 1.16 bits per heavy atom. The zero-order valence-corrected chi connectivity index (χ0v) is 18.4. The number of carbonyl (C=O) groups is 1. The van der Waals surface area contributed by atoms with E-state index >= 15 is 0 Å². The first-order valence-electron chi connectivity index (χ1n) is 11.3. The summed E-state index contributed by atoms with van der Waals surface area (Å²) in [4.78, 5) is 19.7. The molecule has 32 heavy (non-hydrogen) atoms. The van der Waals surface area contributed by atoms with Gasteiger partial charge in [-0.1, -0.05) is 6.07 Å². The first-order valence-corrected chi connectivity index (χ1v) is 11.3. The summed E-state index contributed by atoms with van der Waals surface area (Å²) in [6.45, 7) is 3.73. The van der Waals surface area contributed by atoms with E-state index < -0.39 is 0 Å². The number of hydrogen-bond donors (Lipinski definition) is 0. The minimum atomic E-state index is -0.0874. The van der Waals surface area contributed by atoms with Crippen molar-refractivity contribution in [1.29, 1.82) is 0 Å². The van der Waals surface area contributed by atoms with Crippen LogP contribution in [0.3, 0.4) is 0 Å². The molecule has 1 amide bonds. The average molecular weight is 427 g/mol. The van der Waals surface area contributed by atoms with Crippen LogP contribution >= 0.6 is 0 Å².